The predicted molar refractivity (Wildman–Crippen MR) is 98.8 cm³/mol. The van der Waals surface area contributed by atoms with Crippen molar-refractivity contribution in [3.63, 3.8) is 0 Å². The highest BCUT2D eigenvalue weighted by molar-refractivity contribution is 5.88. The largest absolute Gasteiger partial charge is 0.478 e. The molecule has 1 aromatic carbocycles. The smallest absolute Gasteiger partial charge is 0.408 e. The normalized spacial score (nSPS) is 13.6. The summed E-state index contributed by atoms with van der Waals surface area (Å²) in [5.74, 6) is -2.29. The fourth-order valence-corrected chi connectivity index (χ4v) is 2.12. The summed E-state index contributed by atoms with van der Waals surface area (Å²) < 4.78 is 10.4. The van der Waals surface area contributed by atoms with E-state index >= 15 is 0 Å². The number of hydrogen-bond donors (Lipinski definition) is 3. The van der Waals surface area contributed by atoms with Crippen molar-refractivity contribution in [2.75, 3.05) is 0 Å². The fourth-order valence-electron chi connectivity index (χ4n) is 2.12. The first-order valence-corrected chi connectivity index (χ1v) is 8.68. The topological polar surface area (TPSA) is 114 Å². The number of nitrogens with one attached hydrogen (secondary N) is 2. The highest BCUT2D eigenvalue weighted by Crippen LogP contribution is 2.09. The molecule has 8 nitrogen and oxygen atoms in total. The van der Waals surface area contributed by atoms with Gasteiger partial charge in [-0.05, 0) is 32.3 Å². The highest BCUT2D eigenvalue weighted by atomic mass is 16.6. The Labute approximate surface area is 159 Å². The molecular weight excluding hydrogens is 352 g/mol. The molecule has 27 heavy (non-hydrogen) atoms. The van der Waals surface area contributed by atoms with Gasteiger partial charge in [-0.1, -0.05) is 44.2 Å². The van der Waals surface area contributed by atoms with Crippen molar-refractivity contribution in [1.82, 2.24) is 10.6 Å². The molecule has 0 aliphatic rings. The van der Waals surface area contributed by atoms with Crippen LogP contribution in [0.4, 0.5) is 4.79 Å². The molecule has 0 aromatic heterocycles. The maximum Gasteiger partial charge on any atom is 0.408 e. The molecule has 1 aromatic rings. The molecule has 1 rings (SSSR count). The van der Waals surface area contributed by atoms with Gasteiger partial charge in [0.25, 0.3) is 0 Å². The number of alkyl carbamates (subject to hydrolysis) is 1. The Hall–Kier alpha value is -2.61. The van der Waals surface area contributed by atoms with Gasteiger partial charge in [0.2, 0.25) is 12.1 Å². The zero-order valence-corrected chi connectivity index (χ0v) is 16.3. The number of aliphatic carboxylic acids is 1. The number of carbonyl (C=O) groups is 3. The Bertz CT molecular complexity index is 639. The SMILES string of the molecule is CC(C)[C@H](NC(=O)OC(C)(C)C)C(=O)N[C@@H](OCc1ccccc1)C(=O)O. The van der Waals surface area contributed by atoms with Crippen molar-refractivity contribution in [2.24, 2.45) is 5.92 Å². The lowest BCUT2D eigenvalue weighted by Gasteiger charge is -2.26. The predicted octanol–water partition coefficient (Wildman–Crippen LogP) is 2.28. The number of carboxylic acids is 1. The first kappa shape index (κ1) is 22.4. The minimum atomic E-state index is -1.54. The molecule has 0 saturated heterocycles. The molecule has 8 heteroatoms. The van der Waals surface area contributed by atoms with Gasteiger partial charge in [0.15, 0.2) is 0 Å². The summed E-state index contributed by atoms with van der Waals surface area (Å²) in [5, 5.41) is 14.1. The summed E-state index contributed by atoms with van der Waals surface area (Å²) in [6.45, 7) is 8.58. The third-order valence-electron chi connectivity index (χ3n) is 3.38. The Morgan fingerprint density at radius 3 is 2.15 bits per heavy atom. The molecule has 0 saturated carbocycles. The number of rotatable bonds is 8. The lowest BCUT2D eigenvalue weighted by Crippen LogP contribution is -2.54. The van der Waals surface area contributed by atoms with Crippen LogP contribution in [0.1, 0.15) is 40.2 Å². The van der Waals surface area contributed by atoms with E-state index in [1.54, 1.807) is 58.9 Å². The first-order valence-electron chi connectivity index (χ1n) is 8.68. The zero-order chi connectivity index (χ0) is 20.6. The van der Waals surface area contributed by atoms with Crippen LogP contribution in [0.2, 0.25) is 0 Å². The van der Waals surface area contributed by atoms with Gasteiger partial charge in [-0.15, -0.1) is 0 Å². The zero-order valence-electron chi connectivity index (χ0n) is 16.3. The standard InChI is InChI=1S/C19H28N2O6/c1-12(2)14(20-18(25)27-19(3,4)5)15(22)21-16(17(23)24)26-11-13-9-7-6-8-10-13/h6-10,12,14,16H,11H2,1-5H3,(H,20,25)(H,21,22)(H,23,24)/t14-,16-/m0/s1. The van der Waals surface area contributed by atoms with Gasteiger partial charge < -0.3 is 25.2 Å². The van der Waals surface area contributed by atoms with Gasteiger partial charge in [0.1, 0.15) is 11.6 Å². The van der Waals surface area contributed by atoms with Gasteiger partial charge in [-0.25, -0.2) is 9.59 Å². The average Bonchev–Trinajstić information content (AvgIpc) is 2.55. The van der Waals surface area contributed by atoms with E-state index < -0.39 is 35.8 Å². The number of hydrogen-bond acceptors (Lipinski definition) is 5. The monoisotopic (exact) mass is 380 g/mol. The van der Waals surface area contributed by atoms with Crippen LogP contribution >= 0.6 is 0 Å². The van der Waals surface area contributed by atoms with E-state index in [0.29, 0.717) is 0 Å². The number of benzene rings is 1. The molecular formula is C19H28N2O6. The van der Waals surface area contributed by atoms with Gasteiger partial charge >= 0.3 is 12.1 Å². The first-order chi connectivity index (χ1) is 12.5. The summed E-state index contributed by atoms with van der Waals surface area (Å²) in [4.78, 5) is 35.8. The lowest BCUT2D eigenvalue weighted by molar-refractivity contribution is -0.157. The molecule has 0 spiro atoms. The van der Waals surface area contributed by atoms with Gasteiger partial charge in [0.05, 0.1) is 6.61 Å². The molecule has 0 radical (unpaired) electrons. The van der Waals surface area contributed by atoms with Crippen LogP contribution in [-0.2, 0) is 25.7 Å². The number of ether oxygens (including phenoxy) is 2. The second kappa shape index (κ2) is 9.91. The Morgan fingerprint density at radius 1 is 1.07 bits per heavy atom. The fraction of sp³-hybridized carbons (Fsp3) is 0.526. The number of amides is 2. The minimum Gasteiger partial charge on any atom is -0.478 e. The van der Waals surface area contributed by atoms with Crippen LogP contribution in [0, 0.1) is 5.92 Å². The third kappa shape index (κ3) is 8.54. The lowest BCUT2D eigenvalue weighted by atomic mass is 10.0. The second-order valence-electron chi connectivity index (χ2n) is 7.39. The van der Waals surface area contributed by atoms with Crippen molar-refractivity contribution in [3.05, 3.63) is 35.9 Å². The molecule has 0 unspecified atom stereocenters. The average molecular weight is 380 g/mol. The Kier molecular flexibility index (Phi) is 8.24. The summed E-state index contributed by atoms with van der Waals surface area (Å²) in [7, 11) is 0. The summed E-state index contributed by atoms with van der Waals surface area (Å²) >= 11 is 0. The van der Waals surface area contributed by atoms with Crippen molar-refractivity contribution >= 4 is 18.0 Å². The molecule has 0 bridgehead atoms. The van der Waals surface area contributed by atoms with Crippen LogP contribution in [0.5, 0.6) is 0 Å². The van der Waals surface area contributed by atoms with E-state index in [-0.39, 0.29) is 12.5 Å². The molecule has 0 fully saturated rings. The highest BCUT2D eigenvalue weighted by Gasteiger charge is 2.30. The van der Waals surface area contributed by atoms with Crippen molar-refractivity contribution in [1.29, 1.82) is 0 Å². The van der Waals surface area contributed by atoms with E-state index in [0.717, 1.165) is 5.56 Å². The van der Waals surface area contributed by atoms with Crippen LogP contribution < -0.4 is 10.6 Å². The maximum atomic E-state index is 12.5. The molecule has 150 valence electrons. The van der Waals surface area contributed by atoms with E-state index in [2.05, 4.69) is 10.6 Å². The summed E-state index contributed by atoms with van der Waals surface area (Å²) in [5.41, 5.74) is 0.0510. The molecule has 0 aliphatic carbocycles. The van der Waals surface area contributed by atoms with E-state index in [1.165, 1.54) is 0 Å². The quantitative estimate of drug-likeness (QED) is 0.596. The van der Waals surface area contributed by atoms with E-state index in [1.807, 2.05) is 6.07 Å². The van der Waals surface area contributed by atoms with Crippen LogP contribution in [0.25, 0.3) is 0 Å². The summed E-state index contributed by atoms with van der Waals surface area (Å²) in [6, 6.07) is 8.01. The van der Waals surface area contributed by atoms with Crippen LogP contribution in [-0.4, -0.2) is 40.9 Å². The second-order valence-corrected chi connectivity index (χ2v) is 7.39. The Morgan fingerprint density at radius 2 is 1.67 bits per heavy atom. The van der Waals surface area contributed by atoms with Crippen molar-refractivity contribution in [3.8, 4) is 0 Å². The van der Waals surface area contributed by atoms with Gasteiger partial charge in [-0.2, -0.15) is 0 Å². The molecule has 0 aliphatic heterocycles. The minimum absolute atomic E-state index is 0.0178. The van der Waals surface area contributed by atoms with Crippen molar-refractivity contribution in [2.45, 2.75) is 59.1 Å². The molecule has 0 heterocycles. The maximum absolute atomic E-state index is 12.5. The van der Waals surface area contributed by atoms with E-state index in [9.17, 15) is 19.5 Å². The van der Waals surface area contributed by atoms with Crippen LogP contribution in [0.3, 0.4) is 0 Å². The molecule has 2 amide bonds. The molecule has 2 atom stereocenters. The number of carboxylic acid groups (broad SMARTS) is 1. The number of carbonyl (C=O) groups excluding carboxylic acids is 2. The van der Waals surface area contributed by atoms with E-state index in [4.69, 9.17) is 9.47 Å². The van der Waals surface area contributed by atoms with Crippen LogP contribution in [0.15, 0.2) is 30.3 Å². The van der Waals surface area contributed by atoms with Gasteiger partial charge in [0, 0.05) is 0 Å². The van der Waals surface area contributed by atoms with Crippen molar-refractivity contribution < 1.29 is 29.0 Å². The third-order valence-corrected chi connectivity index (χ3v) is 3.38. The van der Waals surface area contributed by atoms with Gasteiger partial charge in [-0.3, -0.25) is 4.79 Å². The Balaban J connectivity index is 2.72. The molecule has 3 N–H and O–H groups in total. The summed E-state index contributed by atoms with van der Waals surface area (Å²) in [6.07, 6.45) is -2.30.